The topological polar surface area (TPSA) is 77.5 Å². The van der Waals surface area contributed by atoms with Crippen molar-refractivity contribution < 1.29 is 21.0 Å². The molecule has 0 aliphatic heterocycles. The highest BCUT2D eigenvalue weighted by Crippen LogP contribution is 2.23. The van der Waals surface area contributed by atoms with E-state index in [1.54, 1.807) is 12.1 Å². The Labute approximate surface area is 130 Å². The predicted molar refractivity (Wildman–Crippen MR) is 83.3 cm³/mol. The lowest BCUT2D eigenvalue weighted by Gasteiger charge is -2.09. The van der Waals surface area contributed by atoms with Crippen LogP contribution >= 0.6 is 0 Å². The summed E-state index contributed by atoms with van der Waals surface area (Å²) < 4.78 is 52.7. The molecule has 7 heteroatoms. The summed E-state index contributed by atoms with van der Waals surface area (Å²) >= 11 is 0. The van der Waals surface area contributed by atoms with Crippen molar-refractivity contribution in [2.45, 2.75) is 23.6 Å². The SMILES string of the molecule is Cc1cc(C)cc(OS(=O)(=O)c2cccc(S(C)(=O)=O)c2)c1. The van der Waals surface area contributed by atoms with E-state index in [1.165, 1.54) is 18.2 Å². The monoisotopic (exact) mass is 340 g/mol. The van der Waals surface area contributed by atoms with E-state index in [4.69, 9.17) is 4.18 Å². The van der Waals surface area contributed by atoms with Crippen LogP contribution in [0.5, 0.6) is 5.75 Å². The van der Waals surface area contributed by atoms with Gasteiger partial charge >= 0.3 is 10.1 Å². The second kappa shape index (κ2) is 5.73. The molecule has 0 spiro atoms. The minimum absolute atomic E-state index is 0.0717. The van der Waals surface area contributed by atoms with Crippen LogP contribution in [0, 0.1) is 13.8 Å². The van der Waals surface area contributed by atoms with Crippen LogP contribution < -0.4 is 4.18 Å². The molecular weight excluding hydrogens is 324 g/mol. The Morgan fingerprint density at radius 1 is 0.818 bits per heavy atom. The van der Waals surface area contributed by atoms with Crippen LogP contribution in [-0.4, -0.2) is 23.1 Å². The molecule has 118 valence electrons. The lowest BCUT2D eigenvalue weighted by Crippen LogP contribution is -2.11. The van der Waals surface area contributed by atoms with E-state index >= 15 is 0 Å². The molecule has 0 aliphatic carbocycles. The first-order chi connectivity index (χ1) is 10.1. The largest absolute Gasteiger partial charge is 0.379 e. The van der Waals surface area contributed by atoms with Crippen molar-refractivity contribution >= 4 is 20.0 Å². The average molecular weight is 340 g/mol. The van der Waals surface area contributed by atoms with Crippen molar-refractivity contribution in [1.29, 1.82) is 0 Å². The van der Waals surface area contributed by atoms with Crippen LogP contribution in [0.4, 0.5) is 0 Å². The summed E-state index contributed by atoms with van der Waals surface area (Å²) in [5.41, 5.74) is 1.74. The van der Waals surface area contributed by atoms with E-state index in [9.17, 15) is 16.8 Å². The number of rotatable bonds is 4. The van der Waals surface area contributed by atoms with Crippen LogP contribution in [0.3, 0.4) is 0 Å². The van der Waals surface area contributed by atoms with E-state index in [2.05, 4.69) is 0 Å². The first-order valence-electron chi connectivity index (χ1n) is 6.41. The third-order valence-corrected chi connectivity index (χ3v) is 5.28. The highest BCUT2D eigenvalue weighted by Gasteiger charge is 2.19. The van der Waals surface area contributed by atoms with Crippen molar-refractivity contribution in [2.24, 2.45) is 0 Å². The second-order valence-corrected chi connectivity index (χ2v) is 8.67. The molecule has 0 unspecified atom stereocenters. The van der Waals surface area contributed by atoms with Gasteiger partial charge in [-0.15, -0.1) is 0 Å². The number of sulfone groups is 1. The maximum absolute atomic E-state index is 12.3. The van der Waals surface area contributed by atoms with Crippen molar-refractivity contribution in [3.05, 3.63) is 53.6 Å². The molecule has 0 heterocycles. The van der Waals surface area contributed by atoms with Crippen LogP contribution in [-0.2, 0) is 20.0 Å². The maximum Gasteiger partial charge on any atom is 0.339 e. The Morgan fingerprint density at radius 3 is 1.91 bits per heavy atom. The first-order valence-corrected chi connectivity index (χ1v) is 9.71. The zero-order valence-corrected chi connectivity index (χ0v) is 14.0. The summed E-state index contributed by atoms with van der Waals surface area (Å²) in [5, 5.41) is 0. The van der Waals surface area contributed by atoms with E-state index in [-0.39, 0.29) is 15.5 Å². The van der Waals surface area contributed by atoms with Crippen LogP contribution in [0.15, 0.2) is 52.3 Å². The standard InChI is InChI=1S/C15H16O5S2/c1-11-7-12(2)9-13(8-11)20-22(18,19)15-6-4-5-14(10-15)21(3,16)17/h4-10H,1-3H3. The minimum Gasteiger partial charge on any atom is -0.379 e. The number of hydrogen-bond acceptors (Lipinski definition) is 5. The first kappa shape index (κ1) is 16.5. The zero-order chi connectivity index (χ0) is 16.5. The van der Waals surface area contributed by atoms with Crippen molar-refractivity contribution in [3.63, 3.8) is 0 Å². The molecule has 5 nitrogen and oxygen atoms in total. The summed E-state index contributed by atoms with van der Waals surface area (Å²) in [4.78, 5) is -0.271. The van der Waals surface area contributed by atoms with Crippen LogP contribution in [0.2, 0.25) is 0 Å². The van der Waals surface area contributed by atoms with Crippen molar-refractivity contribution in [2.75, 3.05) is 6.26 Å². The molecule has 0 radical (unpaired) electrons. The molecule has 0 atom stereocenters. The number of aryl methyl sites for hydroxylation is 2. The minimum atomic E-state index is -4.09. The third kappa shape index (κ3) is 3.86. The quantitative estimate of drug-likeness (QED) is 0.799. The van der Waals surface area contributed by atoms with Gasteiger partial charge in [0.05, 0.1) is 4.90 Å². The van der Waals surface area contributed by atoms with Gasteiger partial charge in [-0.25, -0.2) is 8.42 Å². The van der Waals surface area contributed by atoms with Crippen molar-refractivity contribution in [1.82, 2.24) is 0 Å². The molecule has 0 fully saturated rings. The van der Waals surface area contributed by atoms with Gasteiger partial charge in [-0.2, -0.15) is 8.42 Å². The van der Waals surface area contributed by atoms with Gasteiger partial charge in [0.1, 0.15) is 10.6 Å². The normalized spacial score (nSPS) is 12.1. The molecule has 2 aromatic carbocycles. The average Bonchev–Trinajstić information content (AvgIpc) is 2.36. The van der Waals surface area contributed by atoms with Crippen LogP contribution in [0.1, 0.15) is 11.1 Å². The highest BCUT2D eigenvalue weighted by molar-refractivity contribution is 7.90. The molecule has 0 aliphatic rings. The summed E-state index contributed by atoms with van der Waals surface area (Å²) in [7, 11) is -7.59. The molecule has 2 aromatic rings. The molecule has 0 N–H and O–H groups in total. The molecular formula is C15H16O5S2. The molecule has 2 rings (SSSR count). The van der Waals surface area contributed by atoms with Gasteiger partial charge in [0, 0.05) is 6.26 Å². The lowest BCUT2D eigenvalue weighted by atomic mass is 10.1. The molecule has 0 bridgehead atoms. The fourth-order valence-corrected chi connectivity index (χ4v) is 3.72. The number of benzene rings is 2. The van der Waals surface area contributed by atoms with Gasteiger partial charge in [0.2, 0.25) is 0 Å². The summed E-state index contributed by atoms with van der Waals surface area (Å²) in [6.07, 6.45) is 1.02. The Hall–Kier alpha value is -1.86. The molecule has 22 heavy (non-hydrogen) atoms. The Bertz CT molecular complexity index is 892. The van der Waals surface area contributed by atoms with Gasteiger partial charge in [-0.05, 0) is 55.3 Å². The van der Waals surface area contributed by atoms with E-state index in [0.29, 0.717) is 0 Å². The molecule has 0 saturated heterocycles. The summed E-state index contributed by atoms with van der Waals surface area (Å²) in [6, 6.07) is 10.2. The van der Waals surface area contributed by atoms with Gasteiger partial charge in [0.25, 0.3) is 0 Å². The lowest BCUT2D eigenvalue weighted by molar-refractivity contribution is 0.485. The number of hydrogen-bond donors (Lipinski definition) is 0. The molecule has 0 saturated carbocycles. The van der Waals surface area contributed by atoms with Gasteiger partial charge in [-0.3, -0.25) is 0 Å². The van der Waals surface area contributed by atoms with E-state index in [1.807, 2.05) is 19.9 Å². The highest BCUT2D eigenvalue weighted by atomic mass is 32.2. The fourth-order valence-electron chi connectivity index (χ4n) is 2.02. The zero-order valence-electron chi connectivity index (χ0n) is 12.4. The van der Waals surface area contributed by atoms with Gasteiger partial charge in [-0.1, -0.05) is 12.1 Å². The van der Waals surface area contributed by atoms with Gasteiger partial charge < -0.3 is 4.18 Å². The van der Waals surface area contributed by atoms with Crippen LogP contribution in [0.25, 0.3) is 0 Å². The van der Waals surface area contributed by atoms with Gasteiger partial charge in [0.15, 0.2) is 9.84 Å². The maximum atomic E-state index is 12.3. The fraction of sp³-hybridized carbons (Fsp3) is 0.200. The van der Waals surface area contributed by atoms with E-state index < -0.39 is 20.0 Å². The van der Waals surface area contributed by atoms with E-state index in [0.717, 1.165) is 23.4 Å². The molecule has 0 amide bonds. The third-order valence-electron chi connectivity index (χ3n) is 2.92. The van der Waals surface area contributed by atoms with Crippen molar-refractivity contribution in [3.8, 4) is 5.75 Å². The molecule has 0 aromatic heterocycles. The Morgan fingerprint density at radius 2 is 1.36 bits per heavy atom. The second-order valence-electron chi connectivity index (χ2n) is 5.11. The summed E-state index contributed by atoms with van der Waals surface area (Å²) in [5.74, 6) is 0.197. The smallest absolute Gasteiger partial charge is 0.339 e. The Balaban J connectivity index is 2.43. The predicted octanol–water partition coefficient (Wildman–Crippen LogP) is 2.47. The Kier molecular flexibility index (Phi) is 4.30. The summed E-state index contributed by atoms with van der Waals surface area (Å²) in [6.45, 7) is 3.66.